The summed E-state index contributed by atoms with van der Waals surface area (Å²) in [6.07, 6.45) is 4.57. The lowest BCUT2D eigenvalue weighted by atomic mass is 9.87. The summed E-state index contributed by atoms with van der Waals surface area (Å²) in [5, 5.41) is 13.4. The topological polar surface area (TPSA) is 128 Å². The van der Waals surface area contributed by atoms with Crippen molar-refractivity contribution < 1.29 is 28.2 Å². The number of likely N-dealkylation sites (tertiary alicyclic amines) is 1. The Morgan fingerprint density at radius 1 is 0.781 bits per heavy atom. The van der Waals surface area contributed by atoms with Crippen LogP contribution in [0.1, 0.15) is 84.9 Å². The normalized spacial score (nSPS) is 17.2. The van der Waals surface area contributed by atoms with Crippen LogP contribution in [0.5, 0.6) is 5.75 Å². The van der Waals surface area contributed by atoms with Crippen LogP contribution in [0.15, 0.2) is 91.0 Å². The van der Waals surface area contributed by atoms with Crippen molar-refractivity contribution in [2.75, 3.05) is 71.0 Å². The van der Waals surface area contributed by atoms with E-state index in [0.717, 1.165) is 86.5 Å². The molecule has 4 aliphatic heterocycles. The van der Waals surface area contributed by atoms with Crippen LogP contribution in [-0.4, -0.2) is 118 Å². The Morgan fingerprint density at radius 2 is 1.53 bits per heavy atom. The number of morpholine rings is 1. The van der Waals surface area contributed by atoms with E-state index in [0.29, 0.717) is 95.7 Å². The standard InChI is InChI=1S/C59H65FN8O5/c1-39-50(33-47(35-61)63(39)3)56-55(58(70)62-46-15-7-5-8-16-46)40(2)64(4)57(56)51-30-42-19-22-67(54(69)32-43-17-18-49(34-53(43)60)73-28-25-65-23-26-72-27-24-65)36-45(42)31-52(51)59(71)68-37-44-14-10-9-13-41(44)29-48(68)38-66-20-11-6-12-21-66/h5,7-10,13-18,30-31,33-34,48H,6,11-12,19-29,32,36-38H2,1-4H3,(H,62,70)/t48-/m0/s1. The SMILES string of the molecule is Cc1c(-c2c(C(=O)Nc3ccccc3)c(C)n(C)c2-c2cc3c(cc2C(=O)N2Cc4ccccc4C[C@H]2CN2CCCCC2)CN(C(=O)Cc2ccc(OCCN4CCOCC4)cc2F)CC3)cc(C#N)n1C. The van der Waals surface area contributed by atoms with Gasteiger partial charge in [0.25, 0.3) is 11.8 Å². The zero-order valence-corrected chi connectivity index (χ0v) is 42.5. The fraction of sp³-hybridized carbons (Fsp3) is 0.390. The van der Waals surface area contributed by atoms with Gasteiger partial charge in [-0.1, -0.05) is 55.0 Å². The van der Waals surface area contributed by atoms with E-state index >= 15 is 9.18 Å². The first kappa shape index (κ1) is 49.5. The van der Waals surface area contributed by atoms with Gasteiger partial charge in [-0.15, -0.1) is 0 Å². The molecule has 0 bridgehead atoms. The van der Waals surface area contributed by atoms with Gasteiger partial charge in [-0.05, 0) is 117 Å². The molecule has 73 heavy (non-hydrogen) atoms. The maximum absolute atomic E-state index is 16.0. The van der Waals surface area contributed by atoms with Crippen molar-refractivity contribution in [2.24, 2.45) is 14.1 Å². The van der Waals surface area contributed by atoms with Crippen molar-refractivity contribution in [3.05, 3.63) is 153 Å². The van der Waals surface area contributed by atoms with Gasteiger partial charge in [0.05, 0.1) is 30.9 Å². The van der Waals surface area contributed by atoms with Gasteiger partial charge in [0.2, 0.25) is 5.91 Å². The van der Waals surface area contributed by atoms with Crippen LogP contribution in [0.25, 0.3) is 22.4 Å². The average Bonchev–Trinajstić information content (AvgIpc) is 3.84. The third-order valence-corrected chi connectivity index (χ3v) is 15.7. The fourth-order valence-electron chi connectivity index (χ4n) is 11.4. The number of rotatable bonds is 13. The summed E-state index contributed by atoms with van der Waals surface area (Å²) in [5.74, 6) is -0.714. The number of piperidine rings is 1. The lowest BCUT2D eigenvalue weighted by Crippen LogP contribution is -2.51. The van der Waals surface area contributed by atoms with Crippen LogP contribution < -0.4 is 10.1 Å². The van der Waals surface area contributed by atoms with E-state index in [1.165, 1.54) is 18.1 Å². The number of carbonyl (C=O) groups excluding carboxylic acids is 3. The number of benzene rings is 4. The molecular formula is C59H65FN8O5. The lowest BCUT2D eigenvalue weighted by molar-refractivity contribution is -0.131. The van der Waals surface area contributed by atoms with E-state index in [2.05, 4.69) is 45.5 Å². The molecule has 1 atom stereocenters. The highest BCUT2D eigenvalue weighted by atomic mass is 19.1. The van der Waals surface area contributed by atoms with Gasteiger partial charge < -0.3 is 38.6 Å². The molecule has 14 heteroatoms. The van der Waals surface area contributed by atoms with E-state index in [1.807, 2.05) is 90.5 Å². The smallest absolute Gasteiger partial charge is 0.258 e. The predicted octanol–water partition coefficient (Wildman–Crippen LogP) is 8.47. The van der Waals surface area contributed by atoms with Crippen LogP contribution in [0.3, 0.4) is 0 Å². The van der Waals surface area contributed by atoms with E-state index in [4.69, 9.17) is 9.47 Å². The number of anilines is 1. The van der Waals surface area contributed by atoms with Crippen molar-refractivity contribution in [1.82, 2.24) is 28.7 Å². The van der Waals surface area contributed by atoms with Crippen LogP contribution in [0.4, 0.5) is 10.1 Å². The summed E-state index contributed by atoms with van der Waals surface area (Å²) in [4.78, 5) is 53.6. The predicted molar refractivity (Wildman–Crippen MR) is 280 cm³/mol. The molecule has 0 spiro atoms. The first-order valence-corrected chi connectivity index (χ1v) is 25.8. The molecule has 3 amide bonds. The number of nitrogens with one attached hydrogen (secondary N) is 1. The van der Waals surface area contributed by atoms with E-state index in [1.54, 1.807) is 17.0 Å². The zero-order chi connectivity index (χ0) is 50.8. The minimum Gasteiger partial charge on any atom is -0.492 e. The van der Waals surface area contributed by atoms with Crippen LogP contribution in [0, 0.1) is 31.0 Å². The monoisotopic (exact) mass is 985 g/mol. The number of nitrogens with zero attached hydrogens (tertiary/aromatic N) is 7. The molecule has 10 rings (SSSR count). The first-order chi connectivity index (χ1) is 35.4. The van der Waals surface area contributed by atoms with Gasteiger partial charge in [-0.25, -0.2) is 4.39 Å². The average molecular weight is 985 g/mol. The summed E-state index contributed by atoms with van der Waals surface area (Å²) < 4.78 is 30.9. The number of ether oxygens (including phenoxy) is 2. The molecule has 4 aromatic carbocycles. The number of para-hydroxylation sites is 1. The molecule has 1 N–H and O–H groups in total. The van der Waals surface area contributed by atoms with Gasteiger partial charge in [0.15, 0.2) is 0 Å². The molecule has 13 nitrogen and oxygen atoms in total. The second-order valence-electron chi connectivity index (χ2n) is 20.1. The Morgan fingerprint density at radius 3 is 2.27 bits per heavy atom. The second kappa shape index (κ2) is 21.6. The van der Waals surface area contributed by atoms with Crippen LogP contribution >= 0.6 is 0 Å². The molecule has 2 fully saturated rings. The van der Waals surface area contributed by atoms with E-state index in [9.17, 15) is 14.9 Å². The van der Waals surface area contributed by atoms with Crippen molar-refractivity contribution >= 4 is 23.4 Å². The molecule has 2 aromatic heterocycles. The molecule has 4 aliphatic rings. The van der Waals surface area contributed by atoms with Gasteiger partial charge in [0.1, 0.15) is 29.9 Å². The van der Waals surface area contributed by atoms with Crippen molar-refractivity contribution in [3.63, 3.8) is 0 Å². The van der Waals surface area contributed by atoms with Gasteiger partial charge >= 0.3 is 0 Å². The molecule has 0 aliphatic carbocycles. The van der Waals surface area contributed by atoms with E-state index in [-0.39, 0.29) is 36.7 Å². The Kier molecular flexibility index (Phi) is 14.6. The molecular weight excluding hydrogens is 920 g/mol. The number of hydrogen-bond acceptors (Lipinski definition) is 8. The Labute approximate surface area is 427 Å². The Hall–Kier alpha value is -7.05. The minimum atomic E-state index is -0.490. The highest BCUT2D eigenvalue weighted by molar-refractivity contribution is 6.14. The summed E-state index contributed by atoms with van der Waals surface area (Å²) >= 11 is 0. The second-order valence-corrected chi connectivity index (χ2v) is 20.1. The number of carbonyl (C=O) groups is 3. The number of halogens is 1. The third kappa shape index (κ3) is 10.3. The molecule has 0 radical (unpaired) electrons. The first-order valence-electron chi connectivity index (χ1n) is 25.8. The largest absolute Gasteiger partial charge is 0.492 e. The van der Waals surface area contributed by atoms with Gasteiger partial charge in [-0.3, -0.25) is 19.3 Å². The minimum absolute atomic E-state index is 0.102. The molecule has 0 unspecified atom stereocenters. The number of aromatic nitrogens is 2. The van der Waals surface area contributed by atoms with Crippen LogP contribution in [0.2, 0.25) is 0 Å². The Balaban J connectivity index is 1.04. The van der Waals surface area contributed by atoms with Crippen molar-refractivity contribution in [2.45, 2.75) is 71.5 Å². The lowest BCUT2D eigenvalue weighted by Gasteiger charge is -2.41. The highest BCUT2D eigenvalue weighted by Gasteiger charge is 2.37. The van der Waals surface area contributed by atoms with Crippen molar-refractivity contribution in [1.29, 1.82) is 5.26 Å². The highest BCUT2D eigenvalue weighted by Crippen LogP contribution is 2.44. The van der Waals surface area contributed by atoms with Crippen molar-refractivity contribution in [3.8, 4) is 34.2 Å². The molecule has 6 aromatic rings. The molecule has 378 valence electrons. The number of hydrogen-bond donors (Lipinski definition) is 1. The summed E-state index contributed by atoms with van der Waals surface area (Å²) in [6, 6.07) is 30.6. The summed E-state index contributed by atoms with van der Waals surface area (Å²) in [5.41, 5.74) is 10.7. The quantitative estimate of drug-likeness (QED) is 0.122. The van der Waals surface area contributed by atoms with Crippen LogP contribution in [-0.2, 0) is 56.0 Å². The maximum atomic E-state index is 16.0. The zero-order valence-electron chi connectivity index (χ0n) is 42.5. The number of nitriles is 1. The molecule has 6 heterocycles. The molecule has 0 saturated carbocycles. The summed E-state index contributed by atoms with van der Waals surface area (Å²) in [7, 11) is 3.78. The fourth-order valence-corrected chi connectivity index (χ4v) is 11.4. The Bertz CT molecular complexity index is 3090. The number of fused-ring (bicyclic) bond motifs is 2. The summed E-state index contributed by atoms with van der Waals surface area (Å²) in [6.45, 7) is 11.9. The van der Waals surface area contributed by atoms with E-state index < -0.39 is 5.82 Å². The van der Waals surface area contributed by atoms with Gasteiger partial charge in [0, 0.05) is 111 Å². The third-order valence-electron chi connectivity index (χ3n) is 15.7. The van der Waals surface area contributed by atoms with Gasteiger partial charge in [-0.2, -0.15) is 5.26 Å². The number of amides is 3. The molecule has 2 saturated heterocycles. The maximum Gasteiger partial charge on any atom is 0.258 e.